The Morgan fingerprint density at radius 1 is 1.16 bits per heavy atom. The van der Waals surface area contributed by atoms with Gasteiger partial charge in [0.1, 0.15) is 0 Å². The van der Waals surface area contributed by atoms with E-state index in [1.54, 1.807) is 5.57 Å². The predicted molar refractivity (Wildman–Crippen MR) is 80.8 cm³/mol. The minimum atomic E-state index is 0.272. The first-order chi connectivity index (χ1) is 9.31. The molecule has 0 spiro atoms. The van der Waals surface area contributed by atoms with Crippen LogP contribution in [0.2, 0.25) is 0 Å². The zero-order chi connectivity index (χ0) is 13.5. The Bertz CT molecular complexity index is 398. The maximum atomic E-state index is 8.82. The largest absolute Gasteiger partial charge is 0.396 e. The molecule has 2 rings (SSSR count). The van der Waals surface area contributed by atoms with Crippen molar-refractivity contribution in [2.24, 2.45) is 11.7 Å². The Labute approximate surface area is 116 Å². The van der Waals surface area contributed by atoms with Crippen LogP contribution < -0.4 is 5.73 Å². The van der Waals surface area contributed by atoms with Gasteiger partial charge >= 0.3 is 0 Å². The number of hydrogen-bond donors (Lipinski definition) is 2. The van der Waals surface area contributed by atoms with E-state index in [1.165, 1.54) is 36.8 Å². The van der Waals surface area contributed by atoms with E-state index in [1.807, 2.05) is 0 Å². The standard InChI is InChI=1S/C17H25NO/c18-13-17-9-7-16(8-10-17)12-15-5-3-14(4-6-15)2-1-11-19/h3-6,12,17,19H,1-2,7-11,13,18H2. The van der Waals surface area contributed by atoms with Crippen molar-refractivity contribution in [1.82, 2.24) is 0 Å². The molecular formula is C17H25NO. The van der Waals surface area contributed by atoms with Crippen LogP contribution in [0.1, 0.15) is 43.2 Å². The topological polar surface area (TPSA) is 46.2 Å². The number of rotatable bonds is 5. The third kappa shape index (κ3) is 4.48. The number of aliphatic hydroxyl groups is 1. The van der Waals surface area contributed by atoms with Crippen molar-refractivity contribution in [2.75, 3.05) is 13.2 Å². The van der Waals surface area contributed by atoms with Crippen molar-refractivity contribution < 1.29 is 5.11 Å². The SMILES string of the molecule is NCC1CCC(=Cc2ccc(CCCO)cc2)CC1. The summed E-state index contributed by atoms with van der Waals surface area (Å²) in [6, 6.07) is 8.73. The molecule has 0 atom stereocenters. The minimum absolute atomic E-state index is 0.272. The quantitative estimate of drug-likeness (QED) is 0.853. The summed E-state index contributed by atoms with van der Waals surface area (Å²) in [7, 11) is 0. The Morgan fingerprint density at radius 3 is 2.42 bits per heavy atom. The summed E-state index contributed by atoms with van der Waals surface area (Å²) in [6.45, 7) is 1.11. The lowest BCUT2D eigenvalue weighted by molar-refractivity contribution is 0.288. The molecule has 1 fully saturated rings. The molecule has 19 heavy (non-hydrogen) atoms. The number of aliphatic hydroxyl groups excluding tert-OH is 1. The summed E-state index contributed by atoms with van der Waals surface area (Å²) in [5, 5.41) is 8.82. The molecule has 0 amide bonds. The van der Waals surface area contributed by atoms with E-state index in [0.29, 0.717) is 0 Å². The van der Waals surface area contributed by atoms with Crippen LogP contribution >= 0.6 is 0 Å². The van der Waals surface area contributed by atoms with Gasteiger partial charge in [0.15, 0.2) is 0 Å². The summed E-state index contributed by atoms with van der Waals surface area (Å²) >= 11 is 0. The Balaban J connectivity index is 1.92. The van der Waals surface area contributed by atoms with Crippen LogP contribution in [-0.4, -0.2) is 18.3 Å². The molecule has 1 aromatic carbocycles. The highest BCUT2D eigenvalue weighted by Crippen LogP contribution is 2.28. The zero-order valence-corrected chi connectivity index (χ0v) is 11.6. The normalized spacial score (nSPS) is 19.5. The van der Waals surface area contributed by atoms with Crippen molar-refractivity contribution in [1.29, 1.82) is 0 Å². The molecule has 1 aliphatic rings. The Morgan fingerprint density at radius 2 is 1.84 bits per heavy atom. The van der Waals surface area contributed by atoms with E-state index in [-0.39, 0.29) is 6.61 Å². The average molecular weight is 259 g/mol. The number of benzene rings is 1. The molecule has 0 aromatic heterocycles. The van der Waals surface area contributed by atoms with Crippen LogP contribution in [-0.2, 0) is 6.42 Å². The molecule has 1 saturated carbocycles. The van der Waals surface area contributed by atoms with Crippen molar-refractivity contribution in [3.63, 3.8) is 0 Å². The van der Waals surface area contributed by atoms with E-state index in [9.17, 15) is 0 Å². The molecule has 2 heteroatoms. The second-order valence-corrected chi connectivity index (χ2v) is 5.55. The molecule has 0 radical (unpaired) electrons. The molecule has 0 heterocycles. The third-order valence-corrected chi connectivity index (χ3v) is 4.05. The molecular weight excluding hydrogens is 234 g/mol. The second kappa shape index (κ2) is 7.46. The van der Waals surface area contributed by atoms with Gasteiger partial charge in [0.25, 0.3) is 0 Å². The molecule has 3 N–H and O–H groups in total. The molecule has 1 aromatic rings. The number of hydrogen-bond acceptors (Lipinski definition) is 2. The van der Waals surface area contributed by atoms with E-state index in [4.69, 9.17) is 10.8 Å². The van der Waals surface area contributed by atoms with Gasteiger partial charge in [-0.3, -0.25) is 0 Å². The molecule has 0 saturated heterocycles. The van der Waals surface area contributed by atoms with Crippen molar-refractivity contribution in [3.05, 3.63) is 41.0 Å². The fourth-order valence-electron chi connectivity index (χ4n) is 2.73. The predicted octanol–water partition coefficient (Wildman–Crippen LogP) is 3.14. The summed E-state index contributed by atoms with van der Waals surface area (Å²) < 4.78 is 0. The lowest BCUT2D eigenvalue weighted by Gasteiger charge is -2.22. The fourth-order valence-corrected chi connectivity index (χ4v) is 2.73. The maximum Gasteiger partial charge on any atom is 0.0434 e. The van der Waals surface area contributed by atoms with Crippen LogP contribution in [0, 0.1) is 5.92 Å². The lowest BCUT2D eigenvalue weighted by atomic mass is 9.85. The molecule has 0 aliphatic heterocycles. The van der Waals surface area contributed by atoms with Crippen LogP contribution in [0.15, 0.2) is 29.8 Å². The number of aryl methyl sites for hydroxylation is 1. The molecule has 2 nitrogen and oxygen atoms in total. The van der Waals surface area contributed by atoms with Crippen LogP contribution in [0.3, 0.4) is 0 Å². The van der Waals surface area contributed by atoms with Crippen molar-refractivity contribution >= 4 is 6.08 Å². The number of nitrogens with two attached hydrogens (primary N) is 1. The van der Waals surface area contributed by atoms with Crippen molar-refractivity contribution in [2.45, 2.75) is 38.5 Å². The van der Waals surface area contributed by atoms with Gasteiger partial charge in [0, 0.05) is 6.61 Å². The van der Waals surface area contributed by atoms with Crippen molar-refractivity contribution in [3.8, 4) is 0 Å². The fraction of sp³-hybridized carbons (Fsp3) is 0.529. The van der Waals surface area contributed by atoms with Gasteiger partial charge in [-0.25, -0.2) is 0 Å². The van der Waals surface area contributed by atoms with E-state index >= 15 is 0 Å². The highest BCUT2D eigenvalue weighted by molar-refractivity contribution is 5.53. The Hall–Kier alpha value is -1.12. The summed E-state index contributed by atoms with van der Waals surface area (Å²) in [5.74, 6) is 0.734. The molecule has 0 bridgehead atoms. The smallest absolute Gasteiger partial charge is 0.0434 e. The highest BCUT2D eigenvalue weighted by Gasteiger charge is 2.14. The zero-order valence-electron chi connectivity index (χ0n) is 11.6. The second-order valence-electron chi connectivity index (χ2n) is 5.55. The average Bonchev–Trinajstić information content (AvgIpc) is 2.47. The van der Waals surface area contributed by atoms with Gasteiger partial charge in [0.05, 0.1) is 0 Å². The van der Waals surface area contributed by atoms with Gasteiger partial charge in [-0.2, -0.15) is 0 Å². The van der Waals surface area contributed by atoms with E-state index < -0.39 is 0 Å². The van der Waals surface area contributed by atoms with Gasteiger partial charge in [-0.05, 0) is 62.1 Å². The molecule has 0 unspecified atom stereocenters. The van der Waals surface area contributed by atoms with Crippen LogP contribution in [0.5, 0.6) is 0 Å². The highest BCUT2D eigenvalue weighted by atomic mass is 16.2. The monoisotopic (exact) mass is 259 g/mol. The Kier molecular flexibility index (Phi) is 5.62. The molecule has 1 aliphatic carbocycles. The first-order valence-corrected chi connectivity index (χ1v) is 7.41. The maximum absolute atomic E-state index is 8.82. The van der Waals surface area contributed by atoms with E-state index in [0.717, 1.165) is 25.3 Å². The number of allylic oxidation sites excluding steroid dienone is 1. The van der Waals surface area contributed by atoms with E-state index in [2.05, 4.69) is 30.3 Å². The van der Waals surface area contributed by atoms with Gasteiger partial charge in [-0.1, -0.05) is 35.9 Å². The van der Waals surface area contributed by atoms with Gasteiger partial charge in [-0.15, -0.1) is 0 Å². The van der Waals surface area contributed by atoms with Gasteiger partial charge < -0.3 is 10.8 Å². The summed E-state index contributed by atoms with van der Waals surface area (Å²) in [6.07, 6.45) is 9.05. The van der Waals surface area contributed by atoms with Crippen LogP contribution in [0.4, 0.5) is 0 Å². The van der Waals surface area contributed by atoms with Crippen LogP contribution in [0.25, 0.3) is 6.08 Å². The summed E-state index contributed by atoms with van der Waals surface area (Å²) in [4.78, 5) is 0. The minimum Gasteiger partial charge on any atom is -0.396 e. The first kappa shape index (κ1) is 14.3. The third-order valence-electron chi connectivity index (χ3n) is 4.05. The summed E-state index contributed by atoms with van der Waals surface area (Å²) in [5.41, 5.74) is 9.89. The molecule has 104 valence electrons. The first-order valence-electron chi connectivity index (χ1n) is 7.41. The van der Waals surface area contributed by atoms with Gasteiger partial charge in [0.2, 0.25) is 0 Å². The lowest BCUT2D eigenvalue weighted by Crippen LogP contribution is -2.17.